The number of benzene rings is 1. The fourth-order valence-electron chi connectivity index (χ4n) is 3.14. The fourth-order valence-corrected chi connectivity index (χ4v) is 3.14. The summed E-state index contributed by atoms with van der Waals surface area (Å²) in [6, 6.07) is 11.3. The molecule has 0 aliphatic carbocycles. The van der Waals surface area contributed by atoms with Gasteiger partial charge in [0.15, 0.2) is 0 Å². The molecule has 1 aromatic carbocycles. The van der Waals surface area contributed by atoms with Gasteiger partial charge in [-0.2, -0.15) is 0 Å². The largest absolute Gasteiger partial charge is 0.359 e. The van der Waals surface area contributed by atoms with E-state index in [0.29, 0.717) is 6.04 Å². The maximum absolute atomic E-state index is 6.01. The Balaban J connectivity index is 1.64. The van der Waals surface area contributed by atoms with Crippen LogP contribution in [-0.4, -0.2) is 43.4 Å². The average molecular weight is 246 g/mol. The Morgan fingerprint density at radius 1 is 1.39 bits per heavy atom. The highest BCUT2D eigenvalue weighted by Crippen LogP contribution is 2.27. The van der Waals surface area contributed by atoms with Crippen molar-refractivity contribution in [3.05, 3.63) is 35.9 Å². The molecule has 1 aromatic rings. The summed E-state index contributed by atoms with van der Waals surface area (Å²) in [5, 5.41) is 3.74. The van der Waals surface area contributed by atoms with E-state index < -0.39 is 0 Å². The van der Waals surface area contributed by atoms with Gasteiger partial charge in [0.05, 0.1) is 6.61 Å². The van der Waals surface area contributed by atoms with Crippen LogP contribution in [0, 0.1) is 0 Å². The van der Waals surface area contributed by atoms with Crippen molar-refractivity contribution in [2.45, 2.75) is 31.0 Å². The van der Waals surface area contributed by atoms with Gasteiger partial charge in [0.1, 0.15) is 5.72 Å². The predicted molar refractivity (Wildman–Crippen MR) is 72.5 cm³/mol. The molecule has 0 amide bonds. The third-order valence-electron chi connectivity index (χ3n) is 4.06. The van der Waals surface area contributed by atoms with Crippen molar-refractivity contribution in [2.24, 2.45) is 0 Å². The Labute approximate surface area is 109 Å². The summed E-state index contributed by atoms with van der Waals surface area (Å²) in [7, 11) is 2.17. The number of hydrogen-bond acceptors (Lipinski definition) is 3. The summed E-state index contributed by atoms with van der Waals surface area (Å²) in [6.07, 6.45) is 3.32. The molecule has 3 nitrogen and oxygen atoms in total. The summed E-state index contributed by atoms with van der Waals surface area (Å²) in [5.41, 5.74) is 1.34. The first-order valence-electron chi connectivity index (χ1n) is 6.90. The van der Waals surface area contributed by atoms with Gasteiger partial charge >= 0.3 is 0 Å². The van der Waals surface area contributed by atoms with E-state index in [-0.39, 0.29) is 5.72 Å². The lowest BCUT2D eigenvalue weighted by Crippen LogP contribution is -2.58. The van der Waals surface area contributed by atoms with E-state index in [9.17, 15) is 0 Å². The quantitative estimate of drug-likeness (QED) is 0.858. The van der Waals surface area contributed by atoms with Crippen molar-refractivity contribution in [1.82, 2.24) is 10.2 Å². The second-order valence-electron chi connectivity index (χ2n) is 5.65. The Morgan fingerprint density at radius 3 is 2.94 bits per heavy atom. The standard InChI is InChI=1S/C15H22N2O/c1-17-9-8-15(12-17)16-14(7-10-18-15)11-13-5-3-2-4-6-13/h2-6,14,16H,7-12H2,1H3. The first kappa shape index (κ1) is 12.2. The molecule has 0 bridgehead atoms. The van der Waals surface area contributed by atoms with Crippen LogP contribution in [0.1, 0.15) is 18.4 Å². The van der Waals surface area contributed by atoms with Crippen molar-refractivity contribution >= 4 is 0 Å². The number of ether oxygens (including phenoxy) is 1. The molecule has 18 heavy (non-hydrogen) atoms. The van der Waals surface area contributed by atoms with Crippen LogP contribution in [0.3, 0.4) is 0 Å². The molecule has 3 rings (SSSR count). The van der Waals surface area contributed by atoms with E-state index in [1.807, 2.05) is 0 Å². The molecule has 2 aliphatic rings. The Morgan fingerprint density at radius 2 is 2.22 bits per heavy atom. The molecule has 2 atom stereocenters. The van der Waals surface area contributed by atoms with Crippen LogP contribution in [0.2, 0.25) is 0 Å². The number of hydrogen-bond donors (Lipinski definition) is 1. The van der Waals surface area contributed by atoms with Crippen LogP contribution >= 0.6 is 0 Å². The molecule has 2 fully saturated rings. The number of nitrogens with one attached hydrogen (secondary N) is 1. The third-order valence-corrected chi connectivity index (χ3v) is 4.06. The molecule has 2 heterocycles. The van der Waals surface area contributed by atoms with Crippen molar-refractivity contribution < 1.29 is 4.74 Å². The molecule has 0 aromatic heterocycles. The monoisotopic (exact) mass is 246 g/mol. The molecule has 98 valence electrons. The van der Waals surface area contributed by atoms with E-state index in [1.165, 1.54) is 5.56 Å². The Kier molecular flexibility index (Phi) is 3.37. The number of likely N-dealkylation sites (N-methyl/N-ethyl adjacent to an activating group) is 1. The summed E-state index contributed by atoms with van der Waals surface area (Å²) < 4.78 is 6.01. The lowest BCUT2D eigenvalue weighted by atomic mass is 9.99. The van der Waals surface area contributed by atoms with Gasteiger partial charge in [0.2, 0.25) is 0 Å². The van der Waals surface area contributed by atoms with E-state index in [4.69, 9.17) is 4.74 Å². The molecule has 2 aliphatic heterocycles. The van der Waals surface area contributed by atoms with Crippen molar-refractivity contribution in [3.63, 3.8) is 0 Å². The second kappa shape index (κ2) is 5.00. The van der Waals surface area contributed by atoms with Gasteiger partial charge in [0, 0.05) is 25.6 Å². The van der Waals surface area contributed by atoms with Gasteiger partial charge in [-0.15, -0.1) is 0 Å². The zero-order valence-corrected chi connectivity index (χ0v) is 11.1. The second-order valence-corrected chi connectivity index (χ2v) is 5.65. The highest BCUT2D eigenvalue weighted by Gasteiger charge is 2.41. The van der Waals surface area contributed by atoms with Crippen molar-refractivity contribution in [1.29, 1.82) is 0 Å². The zero-order chi connectivity index (χ0) is 12.4. The Bertz CT molecular complexity index is 391. The molecule has 2 unspecified atom stereocenters. The van der Waals surface area contributed by atoms with Gasteiger partial charge in [-0.25, -0.2) is 0 Å². The van der Waals surface area contributed by atoms with Gasteiger partial charge < -0.3 is 9.64 Å². The van der Waals surface area contributed by atoms with Gasteiger partial charge in [-0.05, 0) is 25.5 Å². The van der Waals surface area contributed by atoms with E-state index in [2.05, 4.69) is 47.6 Å². The summed E-state index contributed by atoms with van der Waals surface area (Å²) in [6.45, 7) is 3.03. The van der Waals surface area contributed by atoms with Gasteiger partial charge in [-0.3, -0.25) is 5.32 Å². The maximum atomic E-state index is 6.01. The lowest BCUT2D eigenvalue weighted by Gasteiger charge is -2.39. The number of rotatable bonds is 2. The average Bonchev–Trinajstić information content (AvgIpc) is 2.72. The highest BCUT2D eigenvalue weighted by atomic mass is 16.5. The van der Waals surface area contributed by atoms with Gasteiger partial charge in [-0.1, -0.05) is 30.3 Å². The van der Waals surface area contributed by atoms with Crippen LogP contribution in [0.4, 0.5) is 0 Å². The SMILES string of the molecule is CN1CCC2(C1)NC(Cc1ccccc1)CCO2. The molecule has 3 heteroatoms. The molecule has 0 radical (unpaired) electrons. The van der Waals surface area contributed by atoms with E-state index in [1.54, 1.807) is 0 Å². The minimum absolute atomic E-state index is 0.0769. The lowest BCUT2D eigenvalue weighted by molar-refractivity contribution is -0.100. The number of nitrogens with zero attached hydrogens (tertiary/aromatic N) is 1. The van der Waals surface area contributed by atoms with Crippen LogP contribution in [-0.2, 0) is 11.2 Å². The summed E-state index contributed by atoms with van der Waals surface area (Å²) >= 11 is 0. The molecule has 2 saturated heterocycles. The summed E-state index contributed by atoms with van der Waals surface area (Å²) in [4.78, 5) is 2.35. The minimum Gasteiger partial charge on any atom is -0.359 e. The van der Waals surface area contributed by atoms with E-state index in [0.717, 1.165) is 39.0 Å². The first-order chi connectivity index (χ1) is 8.76. The molecule has 1 spiro atoms. The normalized spacial score (nSPS) is 33.1. The third kappa shape index (κ3) is 2.58. The highest BCUT2D eigenvalue weighted by molar-refractivity contribution is 5.16. The Hall–Kier alpha value is -0.900. The molecule has 0 saturated carbocycles. The van der Waals surface area contributed by atoms with Crippen molar-refractivity contribution in [2.75, 3.05) is 26.7 Å². The number of likely N-dealkylation sites (tertiary alicyclic amines) is 1. The molecular weight excluding hydrogens is 224 g/mol. The summed E-state index contributed by atoms with van der Waals surface area (Å²) in [5.74, 6) is 0. The maximum Gasteiger partial charge on any atom is 0.133 e. The minimum atomic E-state index is -0.0769. The first-order valence-corrected chi connectivity index (χ1v) is 6.90. The molecular formula is C15H22N2O. The zero-order valence-electron chi connectivity index (χ0n) is 11.1. The van der Waals surface area contributed by atoms with Crippen LogP contribution < -0.4 is 5.32 Å². The van der Waals surface area contributed by atoms with Crippen LogP contribution in [0.15, 0.2) is 30.3 Å². The smallest absolute Gasteiger partial charge is 0.133 e. The van der Waals surface area contributed by atoms with Gasteiger partial charge in [0.25, 0.3) is 0 Å². The molecule has 1 N–H and O–H groups in total. The topological polar surface area (TPSA) is 24.5 Å². The van der Waals surface area contributed by atoms with E-state index >= 15 is 0 Å². The van der Waals surface area contributed by atoms with Crippen LogP contribution in [0.5, 0.6) is 0 Å². The fraction of sp³-hybridized carbons (Fsp3) is 0.600. The van der Waals surface area contributed by atoms with Crippen molar-refractivity contribution in [3.8, 4) is 0 Å². The predicted octanol–water partition coefficient (Wildman–Crippen LogP) is 1.64. The van der Waals surface area contributed by atoms with Crippen LogP contribution in [0.25, 0.3) is 0 Å².